The van der Waals surface area contributed by atoms with Crippen LogP contribution in [0, 0.1) is 20.8 Å². The lowest BCUT2D eigenvalue weighted by Gasteiger charge is -2.11. The lowest BCUT2D eigenvalue weighted by atomic mass is 10.0. The van der Waals surface area contributed by atoms with Gasteiger partial charge in [0.1, 0.15) is 0 Å². The number of para-hydroxylation sites is 1. The highest BCUT2D eigenvalue weighted by molar-refractivity contribution is 6.02. The van der Waals surface area contributed by atoms with Crippen molar-refractivity contribution in [1.82, 2.24) is 4.98 Å². The Morgan fingerprint density at radius 2 is 1.16 bits per heavy atom. The topological polar surface area (TPSA) is 37.6 Å². The minimum absolute atomic E-state index is 0.880. The Labute approximate surface area is 187 Å². The Balaban J connectivity index is 2.00. The van der Waals surface area contributed by atoms with E-state index in [-0.39, 0.29) is 0 Å². The van der Waals surface area contributed by atoms with E-state index in [1.54, 1.807) is 0 Å². The fraction of sp³-hybridized carbons (Fsp3) is 0.321. The predicted molar refractivity (Wildman–Crippen MR) is 134 cm³/mol. The molecule has 0 aliphatic rings. The van der Waals surface area contributed by atoms with Crippen LogP contribution in [0.3, 0.4) is 0 Å². The molecule has 31 heavy (non-hydrogen) atoms. The van der Waals surface area contributed by atoms with Crippen LogP contribution in [0.25, 0.3) is 0 Å². The molecule has 0 atom stereocenters. The monoisotopic (exact) mass is 411 g/mol. The van der Waals surface area contributed by atoms with Gasteiger partial charge in [0.2, 0.25) is 0 Å². The fourth-order valence-corrected chi connectivity index (χ4v) is 4.00. The Kier molecular flexibility index (Phi) is 7.17. The third kappa shape index (κ3) is 5.16. The number of aromatic nitrogens is 1. The van der Waals surface area contributed by atoms with Gasteiger partial charge in [-0.15, -0.1) is 0 Å². The zero-order chi connectivity index (χ0) is 22.5. The predicted octanol–water partition coefficient (Wildman–Crippen LogP) is 7.41. The maximum absolute atomic E-state index is 5.01. The third-order valence-corrected chi connectivity index (χ3v) is 5.65. The molecule has 0 unspecified atom stereocenters. The quantitative estimate of drug-likeness (QED) is 0.389. The molecule has 1 heterocycles. The van der Waals surface area contributed by atoms with E-state index in [1.807, 2.05) is 32.0 Å². The zero-order valence-electron chi connectivity index (χ0n) is 19.9. The molecule has 0 N–H and O–H groups in total. The lowest BCUT2D eigenvalue weighted by molar-refractivity contribution is 1.08. The number of hydrogen-bond donors (Lipinski definition) is 0. The molecule has 0 fully saturated rings. The Bertz CT molecular complexity index is 1110. The molecule has 0 aliphatic carbocycles. The van der Waals surface area contributed by atoms with Crippen molar-refractivity contribution in [2.75, 3.05) is 0 Å². The molecular formula is C28H33N3. The van der Waals surface area contributed by atoms with Crippen molar-refractivity contribution in [1.29, 1.82) is 0 Å². The van der Waals surface area contributed by atoms with Gasteiger partial charge in [0.15, 0.2) is 0 Å². The summed E-state index contributed by atoms with van der Waals surface area (Å²) >= 11 is 0. The maximum atomic E-state index is 5.01. The largest absolute Gasteiger partial charge is 0.251 e. The highest BCUT2D eigenvalue weighted by atomic mass is 14.8. The van der Waals surface area contributed by atoms with Crippen molar-refractivity contribution < 1.29 is 0 Å². The van der Waals surface area contributed by atoms with E-state index in [2.05, 4.69) is 65.0 Å². The van der Waals surface area contributed by atoms with Gasteiger partial charge in [-0.2, -0.15) is 0 Å². The number of aryl methyl sites for hydroxylation is 5. The van der Waals surface area contributed by atoms with E-state index >= 15 is 0 Å². The molecule has 1 aromatic heterocycles. The van der Waals surface area contributed by atoms with Gasteiger partial charge in [-0.25, -0.2) is 4.98 Å². The highest BCUT2D eigenvalue weighted by Gasteiger charge is 2.10. The van der Waals surface area contributed by atoms with Crippen LogP contribution in [0.15, 0.2) is 58.5 Å². The summed E-state index contributed by atoms with van der Waals surface area (Å²) in [6.45, 7) is 14.8. The standard InChI is InChI=1S/C28H33N3/c1-8-23-12-10-13-24(9-2)28(23)30-22(7)26-15-11-14-25(31-26)21(6)29-27-19(4)16-18(3)17-20(27)5/h10-17H,8-9H2,1-7H3. The normalized spacial score (nSPS) is 12.4. The van der Waals surface area contributed by atoms with Crippen molar-refractivity contribution in [2.24, 2.45) is 9.98 Å². The summed E-state index contributed by atoms with van der Waals surface area (Å²) in [5, 5.41) is 0. The van der Waals surface area contributed by atoms with Crippen molar-refractivity contribution in [3.05, 3.63) is 87.7 Å². The maximum Gasteiger partial charge on any atom is 0.0849 e. The van der Waals surface area contributed by atoms with Gasteiger partial charge in [-0.05, 0) is 81.8 Å². The third-order valence-electron chi connectivity index (χ3n) is 5.65. The van der Waals surface area contributed by atoms with Crippen LogP contribution < -0.4 is 0 Å². The van der Waals surface area contributed by atoms with Gasteiger partial charge in [-0.1, -0.05) is 55.8 Å². The molecule has 0 spiro atoms. The summed E-state index contributed by atoms with van der Waals surface area (Å²) in [6.07, 6.45) is 1.93. The van der Waals surface area contributed by atoms with E-state index in [9.17, 15) is 0 Å². The molecule has 0 saturated heterocycles. The first kappa shape index (κ1) is 22.6. The second-order valence-corrected chi connectivity index (χ2v) is 8.18. The number of benzene rings is 2. The van der Waals surface area contributed by atoms with E-state index in [4.69, 9.17) is 15.0 Å². The van der Waals surface area contributed by atoms with Gasteiger partial charge >= 0.3 is 0 Å². The van der Waals surface area contributed by atoms with Gasteiger partial charge in [0.05, 0.1) is 34.2 Å². The Hall–Kier alpha value is -3.07. The molecule has 3 nitrogen and oxygen atoms in total. The van der Waals surface area contributed by atoms with Crippen molar-refractivity contribution >= 4 is 22.8 Å². The fourth-order valence-electron chi connectivity index (χ4n) is 4.00. The van der Waals surface area contributed by atoms with Gasteiger partial charge in [0, 0.05) is 0 Å². The summed E-state index contributed by atoms with van der Waals surface area (Å²) in [6, 6.07) is 16.9. The van der Waals surface area contributed by atoms with Gasteiger partial charge in [-0.3, -0.25) is 9.98 Å². The number of pyridine rings is 1. The number of nitrogens with zero attached hydrogens (tertiary/aromatic N) is 3. The van der Waals surface area contributed by atoms with Crippen LogP contribution in [0.5, 0.6) is 0 Å². The smallest absolute Gasteiger partial charge is 0.0849 e. The summed E-state index contributed by atoms with van der Waals surface area (Å²) in [4.78, 5) is 14.8. The molecule has 3 heteroatoms. The summed E-state index contributed by atoms with van der Waals surface area (Å²) in [5.74, 6) is 0. The van der Waals surface area contributed by atoms with Crippen LogP contribution in [-0.2, 0) is 12.8 Å². The van der Waals surface area contributed by atoms with Gasteiger partial charge < -0.3 is 0 Å². The highest BCUT2D eigenvalue weighted by Crippen LogP contribution is 2.27. The van der Waals surface area contributed by atoms with Crippen LogP contribution in [0.2, 0.25) is 0 Å². The number of rotatable bonds is 6. The second kappa shape index (κ2) is 9.82. The van der Waals surface area contributed by atoms with Crippen LogP contribution in [0.4, 0.5) is 11.4 Å². The lowest BCUT2D eigenvalue weighted by Crippen LogP contribution is -2.05. The second-order valence-electron chi connectivity index (χ2n) is 8.18. The molecule has 0 bridgehead atoms. The molecular weight excluding hydrogens is 378 g/mol. The van der Waals surface area contributed by atoms with Crippen molar-refractivity contribution in [3.8, 4) is 0 Å². The molecule has 2 aromatic carbocycles. The Morgan fingerprint density at radius 3 is 1.65 bits per heavy atom. The molecule has 0 saturated carbocycles. The average Bonchev–Trinajstić information content (AvgIpc) is 2.76. The first-order valence-corrected chi connectivity index (χ1v) is 11.1. The van der Waals surface area contributed by atoms with Crippen molar-refractivity contribution in [2.45, 2.75) is 61.3 Å². The van der Waals surface area contributed by atoms with E-state index in [0.717, 1.165) is 47.0 Å². The van der Waals surface area contributed by atoms with E-state index in [0.29, 0.717) is 0 Å². The van der Waals surface area contributed by atoms with Crippen LogP contribution >= 0.6 is 0 Å². The SMILES string of the molecule is CCc1cccc(CC)c1N=C(C)c1cccc(C(C)=Nc2c(C)cc(C)cc2C)n1. The van der Waals surface area contributed by atoms with Crippen LogP contribution in [-0.4, -0.2) is 16.4 Å². The molecule has 0 radical (unpaired) electrons. The van der Waals surface area contributed by atoms with Crippen molar-refractivity contribution in [3.63, 3.8) is 0 Å². The first-order valence-electron chi connectivity index (χ1n) is 11.1. The molecule has 3 rings (SSSR count). The summed E-state index contributed by atoms with van der Waals surface area (Å²) in [7, 11) is 0. The molecule has 160 valence electrons. The van der Waals surface area contributed by atoms with E-state index in [1.165, 1.54) is 27.8 Å². The van der Waals surface area contributed by atoms with Crippen LogP contribution in [0.1, 0.15) is 66.9 Å². The zero-order valence-corrected chi connectivity index (χ0v) is 19.9. The number of aliphatic imine (C=N–C) groups is 2. The average molecular weight is 412 g/mol. The minimum Gasteiger partial charge on any atom is -0.251 e. The van der Waals surface area contributed by atoms with Gasteiger partial charge in [0.25, 0.3) is 0 Å². The first-order chi connectivity index (χ1) is 14.8. The molecule has 0 aliphatic heterocycles. The summed E-state index contributed by atoms with van der Waals surface area (Å²) in [5.41, 5.74) is 11.9. The molecule has 0 amide bonds. The Morgan fingerprint density at radius 1 is 0.710 bits per heavy atom. The molecule has 3 aromatic rings. The number of hydrogen-bond acceptors (Lipinski definition) is 3. The minimum atomic E-state index is 0.880. The summed E-state index contributed by atoms with van der Waals surface area (Å²) < 4.78 is 0. The van der Waals surface area contributed by atoms with E-state index < -0.39 is 0 Å².